The topological polar surface area (TPSA) is 87.1 Å². The molecule has 1 aliphatic rings. The third-order valence-corrected chi connectivity index (χ3v) is 5.86. The van der Waals surface area contributed by atoms with E-state index in [0.717, 1.165) is 12.5 Å². The summed E-state index contributed by atoms with van der Waals surface area (Å²) in [6, 6.07) is 10.5. The predicted octanol–water partition coefficient (Wildman–Crippen LogP) is 4.19. The van der Waals surface area contributed by atoms with Crippen molar-refractivity contribution in [2.24, 2.45) is 0 Å². The Hall–Kier alpha value is -3.72. The molecule has 33 heavy (non-hydrogen) atoms. The van der Waals surface area contributed by atoms with E-state index in [4.69, 9.17) is 4.98 Å². The average Bonchev–Trinajstić information content (AvgIpc) is 3.34. The average molecular weight is 448 g/mol. The lowest BCUT2D eigenvalue weighted by atomic mass is 10.0. The third-order valence-electron chi connectivity index (χ3n) is 5.86. The summed E-state index contributed by atoms with van der Waals surface area (Å²) in [6.45, 7) is 0.889. The number of aliphatic hydroxyl groups is 1. The molecule has 4 aromatic rings. The van der Waals surface area contributed by atoms with Crippen LogP contribution in [0.2, 0.25) is 0 Å². The smallest absolute Gasteiger partial charge is 0.156 e. The van der Waals surface area contributed by atoms with Crippen LogP contribution in [0.1, 0.15) is 36.1 Å². The summed E-state index contributed by atoms with van der Waals surface area (Å²) in [5.74, 6) is 0.234. The van der Waals surface area contributed by atoms with E-state index < -0.39 is 17.7 Å². The second-order valence-corrected chi connectivity index (χ2v) is 7.96. The lowest BCUT2D eigenvalue weighted by Gasteiger charge is -2.26. The number of fused-ring (bicyclic) bond motifs is 1. The molecule has 5 rings (SSSR count). The summed E-state index contributed by atoms with van der Waals surface area (Å²) in [5, 5.41) is 13.6. The van der Waals surface area contributed by atoms with Gasteiger partial charge < -0.3 is 15.3 Å². The van der Waals surface area contributed by atoms with Crippen molar-refractivity contribution in [1.82, 2.24) is 19.9 Å². The molecule has 9 heteroatoms. The van der Waals surface area contributed by atoms with Crippen LogP contribution in [0.5, 0.6) is 0 Å². The summed E-state index contributed by atoms with van der Waals surface area (Å²) in [4.78, 5) is 19.4. The van der Waals surface area contributed by atoms with Crippen molar-refractivity contribution in [2.45, 2.75) is 25.0 Å². The lowest BCUT2D eigenvalue weighted by Crippen LogP contribution is -2.24. The van der Waals surface area contributed by atoms with Gasteiger partial charge in [0.05, 0.1) is 17.7 Å². The zero-order valence-electron chi connectivity index (χ0n) is 17.7. The summed E-state index contributed by atoms with van der Waals surface area (Å²) in [7, 11) is 0. The first-order valence-electron chi connectivity index (χ1n) is 10.8. The van der Waals surface area contributed by atoms with Crippen molar-refractivity contribution < 1.29 is 13.9 Å². The fourth-order valence-electron chi connectivity index (χ4n) is 4.24. The van der Waals surface area contributed by atoms with Crippen LogP contribution in [0.15, 0.2) is 61.2 Å². The van der Waals surface area contributed by atoms with Gasteiger partial charge in [0.2, 0.25) is 0 Å². The van der Waals surface area contributed by atoms with Crippen LogP contribution >= 0.6 is 0 Å². The van der Waals surface area contributed by atoms with Crippen molar-refractivity contribution in [1.29, 1.82) is 0 Å². The molecule has 0 spiro atoms. The Kier molecular flexibility index (Phi) is 5.78. The van der Waals surface area contributed by atoms with Gasteiger partial charge in [-0.25, -0.2) is 23.7 Å². The van der Waals surface area contributed by atoms with Crippen LogP contribution in [0.25, 0.3) is 11.0 Å². The number of hydrogen-bond donors (Lipinski definition) is 2. The maximum absolute atomic E-state index is 14.5. The second-order valence-electron chi connectivity index (χ2n) is 7.96. The Balaban J connectivity index is 1.43. The first-order chi connectivity index (χ1) is 16.1. The maximum atomic E-state index is 14.5. The molecule has 0 amide bonds. The van der Waals surface area contributed by atoms with E-state index in [1.165, 1.54) is 18.5 Å². The zero-order valence-corrected chi connectivity index (χ0v) is 17.7. The highest BCUT2D eigenvalue weighted by molar-refractivity contribution is 5.86. The van der Waals surface area contributed by atoms with Gasteiger partial charge in [-0.15, -0.1) is 0 Å². The number of rotatable bonds is 6. The first kappa shape index (κ1) is 21.1. The van der Waals surface area contributed by atoms with Crippen molar-refractivity contribution in [3.63, 3.8) is 0 Å². The Morgan fingerprint density at radius 2 is 2.06 bits per heavy atom. The number of hydrogen-bond acceptors (Lipinski definition) is 7. The van der Waals surface area contributed by atoms with E-state index in [2.05, 4.69) is 20.3 Å². The van der Waals surface area contributed by atoms with E-state index in [1.807, 2.05) is 17.0 Å². The van der Waals surface area contributed by atoms with Crippen molar-refractivity contribution in [2.75, 3.05) is 23.3 Å². The molecule has 1 unspecified atom stereocenters. The number of pyridine rings is 2. The van der Waals surface area contributed by atoms with Gasteiger partial charge in [0.1, 0.15) is 29.3 Å². The Labute approximate surface area is 189 Å². The van der Waals surface area contributed by atoms with Crippen LogP contribution < -0.4 is 10.2 Å². The molecule has 168 valence electrons. The molecule has 0 radical (unpaired) electrons. The molecule has 0 bridgehead atoms. The maximum Gasteiger partial charge on any atom is 0.156 e. The normalized spacial score (nSPS) is 16.8. The SMILES string of the molecule is OC(CNc1ncnc2ccc(N3CCC[C@@H]3c3cc(F)ccc3F)nc12)c1cccnc1. The molecule has 7 nitrogen and oxygen atoms in total. The van der Waals surface area contributed by atoms with E-state index >= 15 is 0 Å². The number of nitrogens with zero attached hydrogens (tertiary/aromatic N) is 5. The molecule has 0 aliphatic carbocycles. The molecular weight excluding hydrogens is 426 g/mol. The Morgan fingerprint density at radius 1 is 1.15 bits per heavy atom. The third kappa shape index (κ3) is 4.31. The van der Waals surface area contributed by atoms with E-state index in [0.29, 0.717) is 46.8 Å². The molecular formula is C24H22F2N6O. The highest BCUT2D eigenvalue weighted by Crippen LogP contribution is 2.37. The largest absolute Gasteiger partial charge is 0.387 e. The van der Waals surface area contributed by atoms with Crippen molar-refractivity contribution >= 4 is 22.7 Å². The first-order valence-corrected chi connectivity index (χ1v) is 10.8. The van der Waals surface area contributed by atoms with Crippen LogP contribution in [0.4, 0.5) is 20.4 Å². The fraction of sp³-hybridized carbons (Fsp3) is 0.250. The summed E-state index contributed by atoms with van der Waals surface area (Å²) in [5.41, 5.74) is 2.20. The van der Waals surface area contributed by atoms with Crippen LogP contribution in [0, 0.1) is 11.6 Å². The predicted molar refractivity (Wildman–Crippen MR) is 121 cm³/mol. The molecule has 3 aromatic heterocycles. The number of nitrogens with one attached hydrogen (secondary N) is 1. The van der Waals surface area contributed by atoms with E-state index in [-0.39, 0.29) is 12.6 Å². The zero-order chi connectivity index (χ0) is 22.8. The lowest BCUT2D eigenvalue weighted by molar-refractivity contribution is 0.191. The monoisotopic (exact) mass is 448 g/mol. The van der Waals surface area contributed by atoms with Gasteiger partial charge in [-0.3, -0.25) is 4.98 Å². The van der Waals surface area contributed by atoms with Gasteiger partial charge in [-0.2, -0.15) is 0 Å². The van der Waals surface area contributed by atoms with Gasteiger partial charge in [0, 0.05) is 36.6 Å². The molecule has 1 aliphatic heterocycles. The quantitative estimate of drug-likeness (QED) is 0.457. The van der Waals surface area contributed by atoms with Gasteiger partial charge in [0.15, 0.2) is 5.82 Å². The molecule has 1 saturated heterocycles. The van der Waals surface area contributed by atoms with E-state index in [1.54, 1.807) is 24.5 Å². The minimum atomic E-state index is -0.772. The fourth-order valence-corrected chi connectivity index (χ4v) is 4.24. The van der Waals surface area contributed by atoms with Crippen LogP contribution in [-0.4, -0.2) is 38.1 Å². The Morgan fingerprint density at radius 3 is 2.91 bits per heavy atom. The van der Waals surface area contributed by atoms with Crippen LogP contribution in [0.3, 0.4) is 0 Å². The number of anilines is 2. The van der Waals surface area contributed by atoms with Crippen molar-refractivity contribution in [3.8, 4) is 0 Å². The van der Waals surface area contributed by atoms with Gasteiger partial charge in [0.25, 0.3) is 0 Å². The molecule has 1 aromatic carbocycles. The van der Waals surface area contributed by atoms with Gasteiger partial charge >= 0.3 is 0 Å². The van der Waals surface area contributed by atoms with Crippen LogP contribution in [-0.2, 0) is 0 Å². The molecule has 2 N–H and O–H groups in total. The Bertz CT molecular complexity index is 1270. The van der Waals surface area contributed by atoms with E-state index in [9.17, 15) is 13.9 Å². The van der Waals surface area contributed by atoms with Crippen molar-refractivity contribution in [3.05, 3.63) is 83.9 Å². The summed E-state index contributed by atoms with van der Waals surface area (Å²) < 4.78 is 28.3. The standard InChI is InChI=1S/C24H22F2N6O/c25-16-5-6-18(26)17(11-16)20-4-2-10-32(20)22-8-7-19-23(31-22)24(30-14-29-19)28-13-21(33)15-3-1-9-27-12-15/h1,3,5-9,11-12,14,20-21,33H,2,4,10,13H2,(H,28,29,30)/t20-,21?/m1/s1. The minimum Gasteiger partial charge on any atom is -0.387 e. The number of aromatic nitrogens is 4. The highest BCUT2D eigenvalue weighted by Gasteiger charge is 2.30. The summed E-state index contributed by atoms with van der Waals surface area (Å²) >= 11 is 0. The highest BCUT2D eigenvalue weighted by atomic mass is 19.1. The molecule has 2 atom stereocenters. The molecule has 0 saturated carbocycles. The van der Waals surface area contributed by atoms with Gasteiger partial charge in [-0.1, -0.05) is 6.07 Å². The summed E-state index contributed by atoms with van der Waals surface area (Å²) in [6.07, 6.45) is 5.46. The number of halogens is 2. The van der Waals surface area contributed by atoms with Gasteiger partial charge in [-0.05, 0) is 49.2 Å². The molecule has 4 heterocycles. The number of benzene rings is 1. The molecule has 1 fully saturated rings. The minimum absolute atomic E-state index is 0.213. The second kappa shape index (κ2) is 9.03. The number of aliphatic hydroxyl groups excluding tert-OH is 1.